The molecular weight excluding hydrogens is 354 g/mol. The normalized spacial score (nSPS) is 16.3. The summed E-state index contributed by atoms with van der Waals surface area (Å²) >= 11 is 0. The molecule has 2 heterocycles. The topological polar surface area (TPSA) is 41.6 Å². The first-order valence-electron chi connectivity index (χ1n) is 10.1. The summed E-state index contributed by atoms with van der Waals surface area (Å²) in [6, 6.07) is 25.3. The van der Waals surface area contributed by atoms with E-state index in [0.29, 0.717) is 5.56 Å². The van der Waals surface area contributed by atoms with Crippen LogP contribution in [0.3, 0.4) is 0 Å². The van der Waals surface area contributed by atoms with Crippen LogP contribution in [-0.2, 0) is 5.41 Å². The van der Waals surface area contributed by atoms with Crippen molar-refractivity contribution in [1.82, 2.24) is 9.55 Å². The molecular formula is C26H19N3. The van der Waals surface area contributed by atoms with Gasteiger partial charge >= 0.3 is 0 Å². The van der Waals surface area contributed by atoms with Gasteiger partial charge in [0.25, 0.3) is 0 Å². The van der Waals surface area contributed by atoms with Crippen LogP contribution < -0.4 is 0 Å². The number of nitrogens with zero attached hydrogens (tertiary/aromatic N) is 3. The number of allylic oxidation sites excluding steroid dienone is 1. The molecule has 2 aliphatic carbocycles. The number of nitriles is 1. The van der Waals surface area contributed by atoms with E-state index in [2.05, 4.69) is 52.0 Å². The summed E-state index contributed by atoms with van der Waals surface area (Å²) in [6.45, 7) is 0. The van der Waals surface area contributed by atoms with Crippen LogP contribution in [0.5, 0.6) is 0 Å². The van der Waals surface area contributed by atoms with Crippen LogP contribution >= 0.6 is 0 Å². The molecule has 2 aromatic carbocycles. The van der Waals surface area contributed by atoms with E-state index in [1.807, 2.05) is 42.6 Å². The summed E-state index contributed by atoms with van der Waals surface area (Å²) in [5.41, 5.74) is 7.16. The minimum absolute atomic E-state index is 0.107. The molecule has 0 atom stereocenters. The highest BCUT2D eigenvalue weighted by molar-refractivity contribution is 5.98. The molecule has 0 bridgehead atoms. The van der Waals surface area contributed by atoms with E-state index in [1.54, 1.807) is 0 Å². The monoisotopic (exact) mass is 373 g/mol. The number of fused-ring (bicyclic) bond motifs is 3. The molecule has 1 spiro atoms. The van der Waals surface area contributed by atoms with Crippen molar-refractivity contribution in [3.63, 3.8) is 0 Å². The van der Waals surface area contributed by atoms with Crippen LogP contribution in [0.25, 0.3) is 28.4 Å². The number of aromatic nitrogens is 2. The Balaban J connectivity index is 1.66. The first kappa shape index (κ1) is 16.3. The van der Waals surface area contributed by atoms with Crippen molar-refractivity contribution in [2.45, 2.75) is 24.7 Å². The van der Waals surface area contributed by atoms with E-state index in [0.717, 1.165) is 16.7 Å². The Morgan fingerprint density at radius 3 is 2.59 bits per heavy atom. The van der Waals surface area contributed by atoms with Crippen LogP contribution in [-0.4, -0.2) is 9.55 Å². The molecule has 138 valence electrons. The maximum Gasteiger partial charge on any atom is 0.137 e. The maximum atomic E-state index is 9.44. The molecule has 2 aliphatic rings. The average Bonchev–Trinajstić information content (AvgIpc) is 3.29. The van der Waals surface area contributed by atoms with E-state index >= 15 is 0 Å². The molecule has 0 N–H and O–H groups in total. The smallest absolute Gasteiger partial charge is 0.137 e. The van der Waals surface area contributed by atoms with Crippen molar-refractivity contribution in [2.75, 3.05) is 0 Å². The molecule has 0 amide bonds. The Labute approximate surface area is 169 Å². The van der Waals surface area contributed by atoms with Gasteiger partial charge in [-0.1, -0.05) is 42.8 Å². The SMILES string of the molecule is N#Cc1ccc2cc(C3=Cc4ccccc4C34CCC4)n(-c3ccccn3)c2c1. The fourth-order valence-corrected chi connectivity index (χ4v) is 5.09. The number of rotatable bonds is 2. The predicted octanol–water partition coefficient (Wildman–Crippen LogP) is 5.87. The molecule has 0 saturated heterocycles. The molecule has 2 aromatic heterocycles. The summed E-state index contributed by atoms with van der Waals surface area (Å²) < 4.78 is 2.23. The molecule has 4 aromatic rings. The Morgan fingerprint density at radius 1 is 0.966 bits per heavy atom. The highest BCUT2D eigenvalue weighted by atomic mass is 15.1. The highest BCUT2D eigenvalue weighted by Crippen LogP contribution is 2.58. The van der Waals surface area contributed by atoms with Gasteiger partial charge in [-0.05, 0) is 65.9 Å². The number of hydrogen-bond acceptors (Lipinski definition) is 2. The lowest BCUT2D eigenvalue weighted by atomic mass is 9.61. The molecule has 6 rings (SSSR count). The second-order valence-corrected chi connectivity index (χ2v) is 8.02. The van der Waals surface area contributed by atoms with Crippen LogP contribution in [0.2, 0.25) is 0 Å². The highest BCUT2D eigenvalue weighted by Gasteiger charge is 2.47. The largest absolute Gasteiger partial charge is 0.294 e. The first-order valence-corrected chi connectivity index (χ1v) is 10.1. The molecule has 3 heteroatoms. The minimum Gasteiger partial charge on any atom is -0.294 e. The molecule has 0 aliphatic heterocycles. The summed E-state index contributed by atoms with van der Waals surface area (Å²) in [4.78, 5) is 4.65. The summed E-state index contributed by atoms with van der Waals surface area (Å²) in [5, 5.41) is 10.6. The van der Waals surface area contributed by atoms with E-state index in [1.165, 1.54) is 41.7 Å². The predicted molar refractivity (Wildman–Crippen MR) is 116 cm³/mol. The van der Waals surface area contributed by atoms with Crippen molar-refractivity contribution in [2.24, 2.45) is 0 Å². The quantitative estimate of drug-likeness (QED) is 0.441. The lowest BCUT2D eigenvalue weighted by Crippen LogP contribution is -2.34. The zero-order valence-corrected chi connectivity index (χ0v) is 16.0. The third-order valence-corrected chi connectivity index (χ3v) is 6.59. The Bertz CT molecular complexity index is 1330. The number of benzene rings is 2. The zero-order chi connectivity index (χ0) is 19.4. The number of hydrogen-bond donors (Lipinski definition) is 0. The first-order chi connectivity index (χ1) is 14.3. The fraction of sp³-hybridized carbons (Fsp3) is 0.154. The van der Waals surface area contributed by atoms with E-state index in [4.69, 9.17) is 0 Å². The Kier molecular flexibility index (Phi) is 3.34. The van der Waals surface area contributed by atoms with Crippen LogP contribution in [0.15, 0.2) is 72.9 Å². The Hall–Kier alpha value is -3.64. The fourth-order valence-electron chi connectivity index (χ4n) is 5.09. The summed E-state index contributed by atoms with van der Waals surface area (Å²) in [6.07, 6.45) is 7.82. The van der Waals surface area contributed by atoms with Crippen molar-refractivity contribution < 1.29 is 0 Å². The van der Waals surface area contributed by atoms with Gasteiger partial charge in [-0.2, -0.15) is 5.26 Å². The van der Waals surface area contributed by atoms with Crippen molar-refractivity contribution in [1.29, 1.82) is 5.26 Å². The molecule has 1 saturated carbocycles. The molecule has 1 fully saturated rings. The standard InChI is InChI=1S/C26H19N3/c27-17-18-9-10-20-16-24(29(23(20)14-18)25-8-3-4-13-28-25)22-15-19-6-1-2-7-21(19)26(22)11-5-12-26/h1-4,6-10,13-16H,5,11-12H2. The third-order valence-electron chi connectivity index (χ3n) is 6.59. The van der Waals surface area contributed by atoms with Gasteiger partial charge in [0, 0.05) is 17.0 Å². The second-order valence-electron chi connectivity index (χ2n) is 8.02. The zero-order valence-electron chi connectivity index (χ0n) is 16.0. The average molecular weight is 373 g/mol. The van der Waals surface area contributed by atoms with Gasteiger partial charge in [-0.25, -0.2) is 4.98 Å². The summed E-state index contributed by atoms with van der Waals surface area (Å²) in [5.74, 6) is 0.888. The van der Waals surface area contributed by atoms with Gasteiger partial charge in [-0.15, -0.1) is 0 Å². The van der Waals surface area contributed by atoms with E-state index in [9.17, 15) is 5.26 Å². The van der Waals surface area contributed by atoms with Gasteiger partial charge in [0.1, 0.15) is 5.82 Å². The number of pyridine rings is 1. The molecule has 29 heavy (non-hydrogen) atoms. The maximum absolute atomic E-state index is 9.44. The van der Waals surface area contributed by atoms with E-state index in [-0.39, 0.29) is 5.41 Å². The van der Waals surface area contributed by atoms with Crippen molar-refractivity contribution in [3.8, 4) is 11.9 Å². The molecule has 0 radical (unpaired) electrons. The van der Waals surface area contributed by atoms with Gasteiger partial charge in [0.2, 0.25) is 0 Å². The van der Waals surface area contributed by atoms with Gasteiger partial charge in [-0.3, -0.25) is 4.57 Å². The molecule has 0 unspecified atom stereocenters. The Morgan fingerprint density at radius 2 is 1.83 bits per heavy atom. The second kappa shape index (κ2) is 5.93. The van der Waals surface area contributed by atoms with Gasteiger partial charge in [0.15, 0.2) is 0 Å². The summed E-state index contributed by atoms with van der Waals surface area (Å²) in [7, 11) is 0. The van der Waals surface area contributed by atoms with Gasteiger partial charge < -0.3 is 0 Å². The van der Waals surface area contributed by atoms with Crippen LogP contribution in [0, 0.1) is 11.3 Å². The van der Waals surface area contributed by atoms with E-state index < -0.39 is 0 Å². The third kappa shape index (κ3) is 2.20. The van der Waals surface area contributed by atoms with Crippen molar-refractivity contribution in [3.05, 3.63) is 95.3 Å². The minimum atomic E-state index is 0.107. The van der Waals surface area contributed by atoms with Crippen molar-refractivity contribution >= 4 is 22.6 Å². The molecule has 3 nitrogen and oxygen atoms in total. The van der Waals surface area contributed by atoms with Gasteiger partial charge in [0.05, 0.1) is 22.8 Å². The lowest BCUT2D eigenvalue weighted by molar-refractivity contribution is 0.331. The lowest BCUT2D eigenvalue weighted by Gasteiger charge is -2.42. The van der Waals surface area contributed by atoms with Crippen LogP contribution in [0.4, 0.5) is 0 Å². The van der Waals surface area contributed by atoms with Crippen LogP contribution in [0.1, 0.15) is 41.6 Å².